The summed E-state index contributed by atoms with van der Waals surface area (Å²) in [7, 11) is 3.31. The Balaban J connectivity index is 1.30. The lowest BCUT2D eigenvalue weighted by atomic mass is 9.76. The summed E-state index contributed by atoms with van der Waals surface area (Å²) in [5, 5.41) is 12.4. The summed E-state index contributed by atoms with van der Waals surface area (Å²) in [4.78, 5) is 35.0. The number of piperidine rings is 1. The number of amides is 1. The van der Waals surface area contributed by atoms with Crippen LogP contribution in [0.5, 0.6) is 5.88 Å². The molecule has 0 saturated carbocycles. The predicted molar refractivity (Wildman–Crippen MR) is 154 cm³/mol. The van der Waals surface area contributed by atoms with Crippen molar-refractivity contribution < 1.29 is 32.6 Å². The first-order valence-electron chi connectivity index (χ1n) is 13.8. The maximum Gasteiger partial charge on any atom is 0.429 e. The van der Waals surface area contributed by atoms with Crippen LogP contribution in [0.15, 0.2) is 54.6 Å². The summed E-state index contributed by atoms with van der Waals surface area (Å²) in [5.41, 5.74) is 7.55. The first-order valence-corrected chi connectivity index (χ1v) is 13.8. The Labute approximate surface area is 246 Å². The third-order valence-electron chi connectivity index (χ3n) is 8.13. The number of rotatable bonds is 7. The van der Waals surface area contributed by atoms with Crippen LogP contribution >= 0.6 is 0 Å². The van der Waals surface area contributed by atoms with Gasteiger partial charge in [-0.25, -0.2) is 0 Å². The second-order valence-electron chi connectivity index (χ2n) is 11.3. The Bertz CT molecular complexity index is 1470. The number of ether oxygens (including phenoxy) is 1. The topological polar surface area (TPSA) is 134 Å². The van der Waals surface area contributed by atoms with Gasteiger partial charge in [0.05, 0.1) is 0 Å². The van der Waals surface area contributed by atoms with Crippen molar-refractivity contribution in [1.82, 2.24) is 20.2 Å². The molecule has 2 atom stereocenters. The number of halogens is 3. The molecule has 43 heavy (non-hydrogen) atoms. The minimum Gasteiger partial charge on any atom is -0.480 e. The van der Waals surface area contributed by atoms with Crippen LogP contribution in [0.25, 0.3) is 11.1 Å². The number of aliphatic carboxylic acids is 1. The monoisotopic (exact) mass is 598 g/mol. The summed E-state index contributed by atoms with van der Waals surface area (Å²) in [5.74, 6) is -1.18. The molecular formula is C30H33F3N6O4. The SMILES string of the molecule is CN(C)C(=O)c1ccc(-c2ccc([C@@H](Oc3cc(N4CCC5(CC4)CNC(C(=O)O)C5)nc(N)n3)C(F)(F)F)cc2)cc1. The quantitative estimate of drug-likeness (QED) is 0.367. The van der Waals surface area contributed by atoms with E-state index in [1.807, 2.05) is 4.90 Å². The van der Waals surface area contributed by atoms with Gasteiger partial charge in [0.25, 0.3) is 5.91 Å². The number of hydrogen-bond acceptors (Lipinski definition) is 8. The second-order valence-corrected chi connectivity index (χ2v) is 11.3. The van der Waals surface area contributed by atoms with Crippen LogP contribution in [0.1, 0.15) is 41.3 Å². The number of carbonyl (C=O) groups is 2. The van der Waals surface area contributed by atoms with E-state index >= 15 is 0 Å². The van der Waals surface area contributed by atoms with Crippen molar-refractivity contribution in [2.24, 2.45) is 5.41 Å². The lowest BCUT2D eigenvalue weighted by molar-refractivity contribution is -0.198. The van der Waals surface area contributed by atoms with E-state index in [1.165, 1.54) is 23.1 Å². The van der Waals surface area contributed by atoms with Crippen molar-refractivity contribution in [2.75, 3.05) is 44.4 Å². The van der Waals surface area contributed by atoms with Crippen molar-refractivity contribution in [3.63, 3.8) is 0 Å². The van der Waals surface area contributed by atoms with Crippen molar-refractivity contribution in [3.05, 3.63) is 65.7 Å². The Morgan fingerprint density at radius 3 is 2.21 bits per heavy atom. The highest BCUT2D eigenvalue weighted by molar-refractivity contribution is 5.94. The zero-order chi connectivity index (χ0) is 30.9. The van der Waals surface area contributed by atoms with Crippen molar-refractivity contribution in [3.8, 4) is 17.0 Å². The lowest BCUT2D eigenvalue weighted by Crippen LogP contribution is -2.41. The molecule has 2 aromatic carbocycles. The van der Waals surface area contributed by atoms with Crippen molar-refractivity contribution >= 4 is 23.6 Å². The number of hydrogen-bond donors (Lipinski definition) is 3. The molecule has 1 aromatic heterocycles. The molecule has 2 aliphatic rings. The van der Waals surface area contributed by atoms with Crippen LogP contribution in [0.3, 0.4) is 0 Å². The number of aromatic nitrogens is 2. The average molecular weight is 599 g/mol. The average Bonchev–Trinajstić information content (AvgIpc) is 3.39. The van der Waals surface area contributed by atoms with E-state index in [0.29, 0.717) is 55.8 Å². The highest BCUT2D eigenvalue weighted by Gasteiger charge is 2.45. The molecule has 4 N–H and O–H groups in total. The van der Waals surface area contributed by atoms with Gasteiger partial charge in [0.1, 0.15) is 11.9 Å². The van der Waals surface area contributed by atoms with Gasteiger partial charge < -0.3 is 30.7 Å². The number of benzene rings is 2. The summed E-state index contributed by atoms with van der Waals surface area (Å²) in [6.45, 7) is 1.68. The molecule has 10 nitrogen and oxygen atoms in total. The Morgan fingerprint density at radius 1 is 1.07 bits per heavy atom. The number of carbonyl (C=O) groups excluding carboxylic acids is 1. The fourth-order valence-electron chi connectivity index (χ4n) is 5.69. The number of anilines is 2. The van der Waals surface area contributed by atoms with Crippen LogP contribution < -0.4 is 20.7 Å². The van der Waals surface area contributed by atoms with Crippen LogP contribution in [-0.2, 0) is 4.79 Å². The van der Waals surface area contributed by atoms with Gasteiger partial charge in [0.15, 0.2) is 0 Å². The summed E-state index contributed by atoms with van der Waals surface area (Å²) < 4.78 is 48.1. The van der Waals surface area contributed by atoms with Gasteiger partial charge in [0.2, 0.25) is 17.9 Å². The zero-order valence-corrected chi connectivity index (χ0v) is 23.8. The molecule has 1 unspecified atom stereocenters. The molecule has 228 valence electrons. The summed E-state index contributed by atoms with van der Waals surface area (Å²) >= 11 is 0. The number of nitrogens with zero attached hydrogens (tertiary/aromatic N) is 4. The maximum absolute atomic E-state index is 14.2. The first-order chi connectivity index (χ1) is 20.3. The van der Waals surface area contributed by atoms with Crippen LogP contribution in [0.4, 0.5) is 24.9 Å². The van der Waals surface area contributed by atoms with E-state index < -0.39 is 24.3 Å². The maximum atomic E-state index is 14.2. The number of carboxylic acids is 1. The molecule has 0 bridgehead atoms. The molecule has 1 amide bonds. The smallest absolute Gasteiger partial charge is 0.429 e. The van der Waals surface area contributed by atoms with Crippen molar-refractivity contribution in [1.29, 1.82) is 0 Å². The van der Waals surface area contributed by atoms with Gasteiger partial charge >= 0.3 is 12.1 Å². The van der Waals surface area contributed by atoms with E-state index in [9.17, 15) is 27.9 Å². The normalized spacial score (nSPS) is 18.8. The third-order valence-corrected chi connectivity index (χ3v) is 8.13. The Hall–Kier alpha value is -4.39. The van der Waals surface area contributed by atoms with Gasteiger partial charge in [-0.3, -0.25) is 9.59 Å². The highest BCUT2D eigenvalue weighted by Crippen LogP contribution is 2.41. The number of carboxylic acid groups (broad SMARTS) is 1. The predicted octanol–water partition coefficient (Wildman–Crippen LogP) is 4.14. The fraction of sp³-hybridized carbons (Fsp3) is 0.400. The molecule has 13 heteroatoms. The minimum absolute atomic E-state index is 0.115. The van der Waals surface area contributed by atoms with E-state index in [4.69, 9.17) is 10.5 Å². The van der Waals surface area contributed by atoms with E-state index in [0.717, 1.165) is 5.56 Å². The van der Waals surface area contributed by atoms with Crippen molar-refractivity contribution in [2.45, 2.75) is 37.6 Å². The van der Waals surface area contributed by atoms with Gasteiger partial charge in [-0.2, -0.15) is 23.1 Å². The van der Waals surface area contributed by atoms with Gasteiger partial charge in [-0.1, -0.05) is 36.4 Å². The lowest BCUT2D eigenvalue weighted by Gasteiger charge is -2.39. The number of nitrogen functional groups attached to an aromatic ring is 1. The Kier molecular flexibility index (Phi) is 8.19. The standard InChI is InChI=1S/C30H33F3N6O4/c1-38(2)26(40)21-9-5-19(6-10-21)18-3-7-20(8-4-18)25(30(31,32)33)43-24-15-23(36-28(34)37-24)39-13-11-29(12-14-39)16-22(27(41)42)35-17-29/h3-10,15,22,25,35H,11-14,16-17H2,1-2H3,(H,41,42)(H2,34,36,37)/t22?,25-/m1/s1. The van der Waals surface area contributed by atoms with Crippen LogP contribution in [-0.4, -0.2) is 77.8 Å². The molecule has 5 rings (SSSR count). The van der Waals surface area contributed by atoms with Gasteiger partial charge in [-0.15, -0.1) is 0 Å². The molecule has 0 aliphatic carbocycles. The fourth-order valence-corrected chi connectivity index (χ4v) is 5.69. The largest absolute Gasteiger partial charge is 0.480 e. The number of alkyl halides is 3. The molecule has 0 radical (unpaired) electrons. The Morgan fingerprint density at radius 2 is 1.67 bits per heavy atom. The molecule has 1 spiro atoms. The van der Waals surface area contributed by atoms with Gasteiger partial charge in [-0.05, 0) is 47.9 Å². The van der Waals surface area contributed by atoms with E-state index in [-0.39, 0.29) is 28.7 Å². The van der Waals surface area contributed by atoms with E-state index in [2.05, 4.69) is 15.3 Å². The molecule has 2 fully saturated rings. The molecule has 3 heterocycles. The second kappa shape index (κ2) is 11.7. The highest BCUT2D eigenvalue weighted by atomic mass is 19.4. The van der Waals surface area contributed by atoms with Crippen LogP contribution in [0, 0.1) is 5.41 Å². The molecule has 3 aromatic rings. The third kappa shape index (κ3) is 6.66. The van der Waals surface area contributed by atoms with Gasteiger partial charge in [0, 0.05) is 50.9 Å². The molecule has 2 aliphatic heterocycles. The number of nitrogens with two attached hydrogens (primary N) is 1. The summed E-state index contributed by atoms with van der Waals surface area (Å²) in [6, 6.07) is 13.4. The van der Waals surface area contributed by atoms with E-state index in [1.54, 1.807) is 50.5 Å². The molecular weight excluding hydrogens is 565 g/mol. The zero-order valence-electron chi connectivity index (χ0n) is 23.8. The van der Waals surface area contributed by atoms with Crippen LogP contribution in [0.2, 0.25) is 0 Å². The molecule has 2 saturated heterocycles. The summed E-state index contributed by atoms with van der Waals surface area (Å²) in [6.07, 6.45) is -5.11. The first kappa shape index (κ1) is 30.1. The minimum atomic E-state index is -4.75. The number of nitrogens with one attached hydrogen (secondary N) is 1.